The monoisotopic (exact) mass is 292 g/mol. The topological polar surface area (TPSA) is 0 Å². The minimum absolute atomic E-state index is 0.627. The van der Waals surface area contributed by atoms with Gasteiger partial charge in [-0.1, -0.05) is 81.2 Å². The number of hydrogen-bond donors (Lipinski definition) is 0. The van der Waals surface area contributed by atoms with Crippen molar-refractivity contribution in [3.63, 3.8) is 0 Å². The molecule has 0 N–H and O–H groups in total. The Hall–Kier alpha value is -2.00. The molecule has 0 nitrogen and oxygen atoms in total. The van der Waals surface area contributed by atoms with Crippen molar-refractivity contribution in [3.8, 4) is 11.8 Å². The van der Waals surface area contributed by atoms with Crippen LogP contribution in [0, 0.1) is 23.7 Å². The maximum Gasteiger partial charge on any atom is 0.0177 e. The number of hydrogen-bond acceptors (Lipinski definition) is 0. The molecule has 0 saturated heterocycles. The molecule has 1 saturated carbocycles. The van der Waals surface area contributed by atoms with Crippen molar-refractivity contribution >= 4 is 0 Å². The van der Waals surface area contributed by atoms with Crippen LogP contribution in [0.4, 0.5) is 0 Å². The SMILES string of the molecule is C=C(C)/C=C\C(=C)C#CC(=C)/C=C\C(=C)C1CCC(C)CC1. The number of allylic oxidation sites excluding steroid dienone is 8. The van der Waals surface area contributed by atoms with Crippen LogP contribution in [0.25, 0.3) is 0 Å². The van der Waals surface area contributed by atoms with Crippen molar-refractivity contribution in [1.29, 1.82) is 0 Å². The summed E-state index contributed by atoms with van der Waals surface area (Å²) in [5.74, 6) is 7.51. The third-order valence-electron chi connectivity index (χ3n) is 3.99. The summed E-state index contributed by atoms with van der Waals surface area (Å²) in [6.07, 6.45) is 12.9. The van der Waals surface area contributed by atoms with E-state index in [0.29, 0.717) is 5.92 Å². The van der Waals surface area contributed by atoms with Crippen molar-refractivity contribution in [2.24, 2.45) is 11.8 Å². The predicted octanol–water partition coefficient (Wildman–Crippen LogP) is 6.17. The van der Waals surface area contributed by atoms with Gasteiger partial charge in [0.2, 0.25) is 0 Å². The Labute approximate surface area is 136 Å². The van der Waals surface area contributed by atoms with Crippen LogP contribution in [0.15, 0.2) is 72.9 Å². The Morgan fingerprint density at radius 1 is 0.818 bits per heavy atom. The summed E-state index contributed by atoms with van der Waals surface area (Å²) in [4.78, 5) is 0. The lowest BCUT2D eigenvalue weighted by molar-refractivity contribution is 0.324. The van der Waals surface area contributed by atoms with Crippen LogP contribution in [0.1, 0.15) is 39.5 Å². The van der Waals surface area contributed by atoms with Crippen LogP contribution in [0.3, 0.4) is 0 Å². The molecule has 0 bridgehead atoms. The van der Waals surface area contributed by atoms with Gasteiger partial charge in [-0.3, -0.25) is 0 Å². The van der Waals surface area contributed by atoms with Crippen LogP contribution < -0.4 is 0 Å². The second-order valence-electron chi connectivity index (χ2n) is 6.35. The third kappa shape index (κ3) is 7.14. The molecule has 0 unspecified atom stereocenters. The minimum Gasteiger partial charge on any atom is -0.0961 e. The highest BCUT2D eigenvalue weighted by Gasteiger charge is 2.18. The smallest absolute Gasteiger partial charge is 0.0177 e. The van der Waals surface area contributed by atoms with Gasteiger partial charge in [0.05, 0.1) is 0 Å². The van der Waals surface area contributed by atoms with E-state index in [1.807, 2.05) is 25.2 Å². The molecule has 1 aliphatic rings. The van der Waals surface area contributed by atoms with Crippen LogP contribution in [0.2, 0.25) is 0 Å². The Kier molecular flexibility index (Phi) is 7.47. The highest BCUT2D eigenvalue weighted by Crippen LogP contribution is 2.32. The third-order valence-corrected chi connectivity index (χ3v) is 3.99. The summed E-state index contributed by atoms with van der Waals surface area (Å²) in [6, 6.07) is 0. The Bertz CT molecular complexity index is 561. The van der Waals surface area contributed by atoms with E-state index in [0.717, 1.165) is 22.6 Å². The van der Waals surface area contributed by atoms with E-state index in [2.05, 4.69) is 51.2 Å². The Morgan fingerprint density at radius 3 is 1.82 bits per heavy atom. The van der Waals surface area contributed by atoms with Gasteiger partial charge in [-0.15, -0.1) is 0 Å². The molecule has 1 rings (SSSR count). The standard InChI is InChI=1S/C22H28/c1-17(2)7-8-18(3)9-10-19(4)11-14-21(6)22-15-12-20(5)13-16-22/h7-8,11,14,20,22H,1,3-4,6,12-13,15-16H2,2,5H3/b8-7-,14-11-. The van der Waals surface area contributed by atoms with E-state index in [4.69, 9.17) is 0 Å². The van der Waals surface area contributed by atoms with Gasteiger partial charge in [0.1, 0.15) is 0 Å². The van der Waals surface area contributed by atoms with E-state index in [1.54, 1.807) is 0 Å². The van der Waals surface area contributed by atoms with Crippen LogP contribution >= 0.6 is 0 Å². The van der Waals surface area contributed by atoms with Gasteiger partial charge >= 0.3 is 0 Å². The van der Waals surface area contributed by atoms with Gasteiger partial charge < -0.3 is 0 Å². The van der Waals surface area contributed by atoms with E-state index in [9.17, 15) is 0 Å². The summed E-state index contributed by atoms with van der Waals surface area (Å²) in [7, 11) is 0. The first-order valence-corrected chi connectivity index (χ1v) is 7.98. The molecule has 1 aliphatic carbocycles. The highest BCUT2D eigenvalue weighted by molar-refractivity contribution is 5.46. The molecule has 0 atom stereocenters. The molecular weight excluding hydrogens is 264 g/mol. The summed E-state index contributed by atoms with van der Waals surface area (Å²) in [6.45, 7) is 20.1. The lowest BCUT2D eigenvalue weighted by Gasteiger charge is -2.26. The fourth-order valence-corrected chi connectivity index (χ4v) is 2.46. The molecule has 0 aliphatic heterocycles. The van der Waals surface area contributed by atoms with E-state index < -0.39 is 0 Å². The molecule has 0 aromatic rings. The second-order valence-corrected chi connectivity index (χ2v) is 6.35. The average molecular weight is 292 g/mol. The van der Waals surface area contributed by atoms with Crippen molar-refractivity contribution in [2.45, 2.75) is 39.5 Å². The van der Waals surface area contributed by atoms with Crippen molar-refractivity contribution in [2.75, 3.05) is 0 Å². The van der Waals surface area contributed by atoms with Gasteiger partial charge in [-0.25, -0.2) is 0 Å². The first-order chi connectivity index (χ1) is 10.4. The zero-order valence-corrected chi connectivity index (χ0v) is 14.1. The molecule has 0 aromatic heterocycles. The zero-order chi connectivity index (χ0) is 16.5. The molecule has 0 spiro atoms. The maximum atomic E-state index is 4.20. The molecule has 0 amide bonds. The van der Waals surface area contributed by atoms with Gasteiger partial charge in [-0.05, 0) is 43.8 Å². The van der Waals surface area contributed by atoms with Crippen LogP contribution in [-0.2, 0) is 0 Å². The molecule has 22 heavy (non-hydrogen) atoms. The lowest BCUT2D eigenvalue weighted by atomic mass is 9.79. The predicted molar refractivity (Wildman–Crippen MR) is 99.4 cm³/mol. The van der Waals surface area contributed by atoms with Crippen molar-refractivity contribution in [3.05, 3.63) is 72.9 Å². The normalized spacial score (nSPS) is 21.4. The summed E-state index contributed by atoms with van der Waals surface area (Å²) < 4.78 is 0. The molecule has 0 heteroatoms. The molecule has 1 fully saturated rings. The average Bonchev–Trinajstić information content (AvgIpc) is 2.49. The first kappa shape index (κ1) is 18.1. The van der Waals surface area contributed by atoms with Crippen molar-refractivity contribution in [1.82, 2.24) is 0 Å². The van der Waals surface area contributed by atoms with E-state index >= 15 is 0 Å². The van der Waals surface area contributed by atoms with E-state index in [1.165, 1.54) is 31.3 Å². The maximum absolute atomic E-state index is 4.20. The van der Waals surface area contributed by atoms with Gasteiger partial charge in [0.25, 0.3) is 0 Å². The first-order valence-electron chi connectivity index (χ1n) is 7.98. The largest absolute Gasteiger partial charge is 0.0961 e. The molecular formula is C22H28. The fourth-order valence-electron chi connectivity index (χ4n) is 2.46. The van der Waals surface area contributed by atoms with E-state index in [-0.39, 0.29) is 0 Å². The second kappa shape index (κ2) is 9.11. The summed E-state index contributed by atoms with van der Waals surface area (Å²) in [5.41, 5.74) is 3.74. The highest BCUT2D eigenvalue weighted by atomic mass is 14.2. The molecule has 0 aromatic carbocycles. The molecule has 116 valence electrons. The van der Waals surface area contributed by atoms with Gasteiger partial charge in [-0.2, -0.15) is 0 Å². The van der Waals surface area contributed by atoms with Gasteiger partial charge in [0.15, 0.2) is 0 Å². The van der Waals surface area contributed by atoms with Crippen LogP contribution in [-0.4, -0.2) is 0 Å². The zero-order valence-electron chi connectivity index (χ0n) is 14.1. The number of rotatable bonds is 5. The fraction of sp³-hybridized carbons (Fsp3) is 0.364. The van der Waals surface area contributed by atoms with Gasteiger partial charge in [0, 0.05) is 11.1 Å². The van der Waals surface area contributed by atoms with Crippen LogP contribution in [0.5, 0.6) is 0 Å². The lowest BCUT2D eigenvalue weighted by Crippen LogP contribution is -2.13. The quantitative estimate of drug-likeness (QED) is 0.419. The van der Waals surface area contributed by atoms with Crippen molar-refractivity contribution < 1.29 is 0 Å². The summed E-state index contributed by atoms with van der Waals surface area (Å²) >= 11 is 0. The Morgan fingerprint density at radius 2 is 1.32 bits per heavy atom. The Balaban J connectivity index is 2.49. The molecule has 0 radical (unpaired) electrons. The summed E-state index contributed by atoms with van der Waals surface area (Å²) in [5, 5.41) is 0. The minimum atomic E-state index is 0.627. The molecule has 0 heterocycles.